The van der Waals surface area contributed by atoms with Crippen molar-refractivity contribution >= 4 is 40.3 Å². The second-order valence-corrected chi connectivity index (χ2v) is 8.15. The van der Waals surface area contributed by atoms with Crippen LogP contribution in [0.25, 0.3) is 6.08 Å². The van der Waals surface area contributed by atoms with E-state index in [1.807, 2.05) is 6.07 Å². The molecule has 1 aliphatic heterocycles. The number of carbonyl (C=O) groups excluding carboxylic acids is 1. The van der Waals surface area contributed by atoms with Crippen LogP contribution in [0.2, 0.25) is 0 Å². The molecule has 1 fully saturated rings. The number of hydrogen-bond donors (Lipinski definition) is 2. The van der Waals surface area contributed by atoms with E-state index >= 15 is 0 Å². The molecule has 0 atom stereocenters. The average molecular weight is 335 g/mol. The number of aryl methyl sites for hydroxylation is 1. The highest BCUT2D eigenvalue weighted by Gasteiger charge is 2.25. The molecule has 0 radical (unpaired) electrons. The van der Waals surface area contributed by atoms with Crippen LogP contribution < -0.4 is 5.32 Å². The number of phenols is 1. The lowest BCUT2D eigenvalue weighted by Gasteiger charge is -2.23. The van der Waals surface area contributed by atoms with E-state index in [1.54, 1.807) is 6.08 Å². The van der Waals surface area contributed by atoms with Crippen LogP contribution in [0.15, 0.2) is 17.0 Å². The smallest absolute Gasteiger partial charge is 0.263 e. The first-order valence-corrected chi connectivity index (χ1v) is 8.56. The maximum absolute atomic E-state index is 11.8. The van der Waals surface area contributed by atoms with E-state index < -0.39 is 0 Å². The standard InChI is InChI=1S/C17H21NO2S2/c1-5-6-10-7-11(9-13-15(20)18-16(21)22-13)14(19)12(8-10)17(2,3)4/h7-9,19H,5-6H2,1-4H3,(H,18,20,21). The summed E-state index contributed by atoms with van der Waals surface area (Å²) in [5.74, 6) is 0.0404. The van der Waals surface area contributed by atoms with Gasteiger partial charge in [0.15, 0.2) is 0 Å². The molecule has 0 unspecified atom stereocenters. The first-order valence-electron chi connectivity index (χ1n) is 7.33. The van der Waals surface area contributed by atoms with Gasteiger partial charge in [0.1, 0.15) is 10.1 Å². The zero-order valence-corrected chi connectivity index (χ0v) is 15.0. The number of aromatic hydroxyl groups is 1. The van der Waals surface area contributed by atoms with Gasteiger partial charge >= 0.3 is 0 Å². The Balaban J connectivity index is 2.55. The Morgan fingerprint density at radius 1 is 1.36 bits per heavy atom. The number of hydrogen-bond acceptors (Lipinski definition) is 4. The van der Waals surface area contributed by atoms with Gasteiger partial charge in [0.05, 0.1) is 4.91 Å². The highest BCUT2D eigenvalue weighted by Crippen LogP contribution is 2.37. The number of thiocarbonyl (C=S) groups is 1. The molecular weight excluding hydrogens is 314 g/mol. The van der Waals surface area contributed by atoms with Crippen molar-refractivity contribution in [1.82, 2.24) is 5.32 Å². The quantitative estimate of drug-likeness (QED) is 0.644. The maximum atomic E-state index is 11.8. The molecule has 22 heavy (non-hydrogen) atoms. The van der Waals surface area contributed by atoms with Crippen molar-refractivity contribution in [2.24, 2.45) is 0 Å². The van der Waals surface area contributed by atoms with Crippen molar-refractivity contribution in [2.75, 3.05) is 0 Å². The number of benzene rings is 1. The van der Waals surface area contributed by atoms with Gasteiger partial charge in [0.2, 0.25) is 0 Å². The largest absolute Gasteiger partial charge is 0.507 e. The number of nitrogens with one attached hydrogen (secondary N) is 1. The number of phenolic OH excluding ortho intramolecular Hbond substituents is 1. The Labute approximate surface area is 141 Å². The normalized spacial score (nSPS) is 17.2. The van der Waals surface area contributed by atoms with E-state index in [2.05, 4.69) is 39.1 Å². The molecule has 3 nitrogen and oxygen atoms in total. The molecule has 1 saturated heterocycles. The summed E-state index contributed by atoms with van der Waals surface area (Å²) in [6.45, 7) is 8.34. The van der Waals surface area contributed by atoms with E-state index in [0.717, 1.165) is 18.4 Å². The third-order valence-electron chi connectivity index (χ3n) is 3.47. The van der Waals surface area contributed by atoms with Crippen LogP contribution in [0.5, 0.6) is 5.75 Å². The molecular formula is C17H21NO2S2. The lowest BCUT2D eigenvalue weighted by molar-refractivity contribution is -0.115. The summed E-state index contributed by atoms with van der Waals surface area (Å²) in [5.41, 5.74) is 2.58. The van der Waals surface area contributed by atoms with Crippen LogP contribution in [0, 0.1) is 0 Å². The molecule has 0 spiro atoms. The lowest BCUT2D eigenvalue weighted by Crippen LogP contribution is -2.17. The monoisotopic (exact) mass is 335 g/mol. The van der Waals surface area contributed by atoms with Crippen molar-refractivity contribution in [1.29, 1.82) is 0 Å². The van der Waals surface area contributed by atoms with Gasteiger partial charge in [-0.05, 0) is 29.5 Å². The fourth-order valence-corrected chi connectivity index (χ4v) is 3.43. The number of rotatable bonds is 3. The maximum Gasteiger partial charge on any atom is 0.263 e. The molecule has 2 N–H and O–H groups in total. The predicted molar refractivity (Wildman–Crippen MR) is 97.1 cm³/mol. The van der Waals surface area contributed by atoms with Crippen LogP contribution in [0.1, 0.15) is 50.8 Å². The molecule has 1 aromatic rings. The highest BCUT2D eigenvalue weighted by atomic mass is 32.2. The van der Waals surface area contributed by atoms with E-state index in [0.29, 0.717) is 14.8 Å². The topological polar surface area (TPSA) is 49.3 Å². The molecule has 118 valence electrons. The van der Waals surface area contributed by atoms with Crippen LogP contribution in [-0.4, -0.2) is 15.3 Å². The van der Waals surface area contributed by atoms with E-state index in [9.17, 15) is 9.90 Å². The van der Waals surface area contributed by atoms with Crippen molar-refractivity contribution in [3.8, 4) is 5.75 Å². The van der Waals surface area contributed by atoms with Gasteiger partial charge in [-0.3, -0.25) is 4.79 Å². The SMILES string of the molecule is CCCc1cc(C=C2SC(=S)NC2=O)c(O)c(C(C)(C)C)c1. The van der Waals surface area contributed by atoms with Crippen molar-refractivity contribution in [2.45, 2.75) is 46.0 Å². The minimum absolute atomic E-state index is 0.165. The minimum Gasteiger partial charge on any atom is -0.507 e. The Morgan fingerprint density at radius 2 is 2.05 bits per heavy atom. The molecule has 1 heterocycles. The molecule has 2 rings (SSSR count). The van der Waals surface area contributed by atoms with Gasteiger partial charge in [-0.25, -0.2) is 0 Å². The predicted octanol–water partition coefficient (Wildman–Crippen LogP) is 4.13. The van der Waals surface area contributed by atoms with Crippen molar-refractivity contribution in [3.05, 3.63) is 33.7 Å². The summed E-state index contributed by atoms with van der Waals surface area (Å²) in [7, 11) is 0. The molecule has 0 saturated carbocycles. The molecule has 0 aliphatic carbocycles. The molecule has 1 aromatic carbocycles. The van der Waals surface area contributed by atoms with Crippen LogP contribution in [-0.2, 0) is 16.6 Å². The zero-order valence-electron chi connectivity index (χ0n) is 13.3. The fraction of sp³-hybridized carbons (Fsp3) is 0.412. The molecule has 1 aliphatic rings. The van der Waals surface area contributed by atoms with Gasteiger partial charge in [-0.1, -0.05) is 64.2 Å². The summed E-state index contributed by atoms with van der Waals surface area (Å²) in [6, 6.07) is 4.02. The van der Waals surface area contributed by atoms with Gasteiger partial charge < -0.3 is 10.4 Å². The lowest BCUT2D eigenvalue weighted by atomic mass is 9.83. The van der Waals surface area contributed by atoms with Crippen molar-refractivity contribution in [3.63, 3.8) is 0 Å². The second kappa shape index (κ2) is 6.42. The van der Waals surface area contributed by atoms with Crippen LogP contribution >= 0.6 is 24.0 Å². The summed E-state index contributed by atoms with van der Waals surface area (Å²) >= 11 is 6.23. The summed E-state index contributed by atoms with van der Waals surface area (Å²) in [5, 5.41) is 13.2. The number of thioether (sulfide) groups is 1. The molecule has 5 heteroatoms. The molecule has 0 aromatic heterocycles. The van der Waals surface area contributed by atoms with Gasteiger partial charge in [0, 0.05) is 11.1 Å². The Bertz CT molecular complexity index is 657. The second-order valence-electron chi connectivity index (χ2n) is 6.43. The summed E-state index contributed by atoms with van der Waals surface area (Å²) < 4.78 is 0.455. The third-order valence-corrected chi connectivity index (χ3v) is 4.64. The first-order chi connectivity index (χ1) is 10.2. The Morgan fingerprint density at radius 3 is 2.55 bits per heavy atom. The van der Waals surface area contributed by atoms with Crippen LogP contribution in [0.4, 0.5) is 0 Å². The van der Waals surface area contributed by atoms with E-state index in [4.69, 9.17) is 12.2 Å². The first kappa shape index (κ1) is 17.0. The molecule has 0 bridgehead atoms. The zero-order chi connectivity index (χ0) is 16.5. The summed E-state index contributed by atoms with van der Waals surface area (Å²) in [6.07, 6.45) is 3.70. The summed E-state index contributed by atoms with van der Waals surface area (Å²) in [4.78, 5) is 12.3. The van der Waals surface area contributed by atoms with Gasteiger partial charge in [-0.2, -0.15) is 0 Å². The number of amides is 1. The molecule has 1 amide bonds. The average Bonchev–Trinajstić information content (AvgIpc) is 2.70. The minimum atomic E-state index is -0.201. The highest BCUT2D eigenvalue weighted by molar-refractivity contribution is 8.26. The van der Waals surface area contributed by atoms with E-state index in [1.165, 1.54) is 17.3 Å². The van der Waals surface area contributed by atoms with Crippen molar-refractivity contribution < 1.29 is 9.90 Å². The fourth-order valence-electron chi connectivity index (χ4n) is 2.40. The third kappa shape index (κ3) is 3.70. The van der Waals surface area contributed by atoms with Gasteiger partial charge in [-0.15, -0.1) is 0 Å². The Hall–Kier alpha value is -1.33. The Kier molecular flexibility index (Phi) is 4.97. The van der Waals surface area contributed by atoms with Gasteiger partial charge in [0.25, 0.3) is 5.91 Å². The van der Waals surface area contributed by atoms with E-state index in [-0.39, 0.29) is 17.1 Å². The number of carbonyl (C=O) groups is 1. The van der Waals surface area contributed by atoms with Crippen LogP contribution in [0.3, 0.4) is 0 Å².